The van der Waals surface area contributed by atoms with E-state index in [-0.39, 0.29) is 23.6 Å². The molecule has 1 aliphatic rings. The Bertz CT molecular complexity index is 1090. The highest BCUT2D eigenvalue weighted by Crippen LogP contribution is 2.41. The zero-order valence-electron chi connectivity index (χ0n) is 14.3. The minimum atomic E-state index is -4.47. The average Bonchev–Trinajstić information content (AvgIpc) is 3.13. The van der Waals surface area contributed by atoms with E-state index in [1.165, 1.54) is 39.9 Å². The molecule has 4 rings (SSSR count). The van der Waals surface area contributed by atoms with Crippen LogP contribution in [0.2, 0.25) is 0 Å². The third-order valence-corrected chi connectivity index (χ3v) is 5.67. The summed E-state index contributed by atoms with van der Waals surface area (Å²) >= 11 is 0.607. The van der Waals surface area contributed by atoms with Crippen LogP contribution in [0.1, 0.15) is 11.3 Å². The number of pyridine rings is 1. The van der Waals surface area contributed by atoms with Crippen LogP contribution < -0.4 is 5.69 Å². The Morgan fingerprint density at radius 1 is 1.33 bits per heavy atom. The summed E-state index contributed by atoms with van der Waals surface area (Å²) in [5.41, 5.74) is 0.507. The molecule has 4 heterocycles. The number of aromatic nitrogens is 3. The first-order valence-electron chi connectivity index (χ1n) is 8.25. The summed E-state index contributed by atoms with van der Waals surface area (Å²) < 4.78 is 42.2. The first-order valence-corrected chi connectivity index (χ1v) is 9.13. The fourth-order valence-corrected chi connectivity index (χ4v) is 3.92. The molecular formula is C17H15F3N4O2S. The Morgan fingerprint density at radius 2 is 2.07 bits per heavy atom. The molecule has 0 saturated carbocycles. The van der Waals surface area contributed by atoms with Gasteiger partial charge in [0.15, 0.2) is 5.65 Å². The second-order valence-electron chi connectivity index (χ2n) is 6.39. The van der Waals surface area contributed by atoms with Crippen LogP contribution in [0, 0.1) is 0 Å². The van der Waals surface area contributed by atoms with Gasteiger partial charge in [-0.05, 0) is 23.9 Å². The number of rotatable bonds is 3. The van der Waals surface area contributed by atoms with Crippen molar-refractivity contribution in [2.45, 2.75) is 19.1 Å². The van der Waals surface area contributed by atoms with Crippen LogP contribution in [0.4, 0.5) is 13.2 Å². The Kier molecular flexibility index (Phi) is 4.10. The minimum absolute atomic E-state index is 0.0128. The Balaban J connectivity index is 1.82. The summed E-state index contributed by atoms with van der Waals surface area (Å²) in [6.45, 7) is 1.16. The summed E-state index contributed by atoms with van der Waals surface area (Å²) in [5, 5.41) is 1.37. The fourth-order valence-electron chi connectivity index (χ4n) is 3.13. The number of amides is 1. The normalized spacial score (nSPS) is 14.6. The van der Waals surface area contributed by atoms with Gasteiger partial charge < -0.3 is 4.90 Å². The quantitative estimate of drug-likeness (QED) is 0.684. The number of hydrogen-bond donors (Lipinski definition) is 0. The number of alkyl halides is 3. The zero-order chi connectivity index (χ0) is 19.3. The maximum Gasteiger partial charge on any atom is 0.426 e. The molecule has 1 aliphatic heterocycles. The number of carbonyl (C=O) groups is 1. The maximum absolute atomic E-state index is 13.2. The van der Waals surface area contributed by atoms with Gasteiger partial charge in [0, 0.05) is 37.5 Å². The predicted molar refractivity (Wildman–Crippen MR) is 94.5 cm³/mol. The van der Waals surface area contributed by atoms with Crippen LogP contribution in [-0.2, 0) is 24.6 Å². The van der Waals surface area contributed by atoms with Gasteiger partial charge in [0.05, 0.1) is 5.52 Å². The van der Waals surface area contributed by atoms with E-state index in [2.05, 4.69) is 4.98 Å². The van der Waals surface area contributed by atoms with Crippen molar-refractivity contribution in [3.8, 4) is 11.1 Å². The molecule has 1 saturated heterocycles. The number of carbonyl (C=O) groups excluding carboxylic acids is 1. The lowest BCUT2D eigenvalue weighted by atomic mass is 10.1. The number of likely N-dealkylation sites (tertiary alicyclic amines) is 1. The van der Waals surface area contributed by atoms with Crippen molar-refractivity contribution in [1.29, 1.82) is 0 Å². The molecule has 1 fully saturated rings. The van der Waals surface area contributed by atoms with Crippen LogP contribution in [0.25, 0.3) is 22.3 Å². The highest BCUT2D eigenvalue weighted by atomic mass is 32.1. The summed E-state index contributed by atoms with van der Waals surface area (Å²) in [7, 11) is 1.52. The molecule has 3 aromatic rings. The standard InChI is InChI=1S/C17H15F3N4O2S/c1-22-15-12(24(16(22)26)9-13(25)23-4-2-5-23)7-10(8-21-15)11-3-6-27-14(11)17(18,19)20/h3,6-8H,2,4-5,9H2,1H3. The number of aryl methyl sites for hydroxylation is 1. The summed E-state index contributed by atoms with van der Waals surface area (Å²) in [4.78, 5) is 29.9. The van der Waals surface area contributed by atoms with Gasteiger partial charge in [-0.2, -0.15) is 13.2 Å². The lowest BCUT2D eigenvalue weighted by Gasteiger charge is -2.30. The van der Waals surface area contributed by atoms with E-state index in [9.17, 15) is 22.8 Å². The monoisotopic (exact) mass is 396 g/mol. The van der Waals surface area contributed by atoms with Gasteiger partial charge in [0.1, 0.15) is 11.4 Å². The predicted octanol–water partition coefficient (Wildman–Crippen LogP) is 2.71. The Labute approximate surface area is 155 Å². The number of nitrogens with zero attached hydrogens (tertiary/aromatic N) is 4. The molecular weight excluding hydrogens is 381 g/mol. The zero-order valence-corrected chi connectivity index (χ0v) is 15.1. The van der Waals surface area contributed by atoms with Crippen molar-refractivity contribution in [2.75, 3.05) is 13.1 Å². The van der Waals surface area contributed by atoms with Crippen LogP contribution in [0.5, 0.6) is 0 Å². The lowest BCUT2D eigenvalue weighted by molar-refractivity contribution is -0.135. The molecule has 0 unspecified atom stereocenters. The van der Waals surface area contributed by atoms with Crippen molar-refractivity contribution in [3.05, 3.63) is 39.1 Å². The van der Waals surface area contributed by atoms with E-state index in [4.69, 9.17) is 0 Å². The number of imidazole rings is 1. The van der Waals surface area contributed by atoms with Gasteiger partial charge in [-0.15, -0.1) is 11.3 Å². The first-order chi connectivity index (χ1) is 12.8. The highest BCUT2D eigenvalue weighted by molar-refractivity contribution is 7.10. The van der Waals surface area contributed by atoms with E-state index in [1.54, 1.807) is 4.90 Å². The first kappa shape index (κ1) is 17.8. The second-order valence-corrected chi connectivity index (χ2v) is 7.31. The summed E-state index contributed by atoms with van der Waals surface area (Å²) in [6, 6.07) is 2.87. The molecule has 27 heavy (non-hydrogen) atoms. The molecule has 10 heteroatoms. The smallest absolute Gasteiger partial charge is 0.341 e. The third kappa shape index (κ3) is 2.93. The molecule has 0 aliphatic carbocycles. The largest absolute Gasteiger partial charge is 0.426 e. The topological polar surface area (TPSA) is 60.1 Å². The fraction of sp³-hybridized carbons (Fsp3) is 0.353. The van der Waals surface area contributed by atoms with Crippen molar-refractivity contribution in [2.24, 2.45) is 7.05 Å². The van der Waals surface area contributed by atoms with Crippen LogP contribution in [-0.4, -0.2) is 38.0 Å². The molecule has 6 nitrogen and oxygen atoms in total. The molecule has 0 aromatic carbocycles. The SMILES string of the molecule is Cn1c(=O)n(CC(=O)N2CCC2)c2cc(-c3ccsc3C(F)(F)F)cnc21. The van der Waals surface area contributed by atoms with Gasteiger partial charge >= 0.3 is 11.9 Å². The van der Waals surface area contributed by atoms with E-state index in [0.717, 1.165) is 6.42 Å². The summed E-state index contributed by atoms with van der Waals surface area (Å²) in [5.74, 6) is -0.187. The van der Waals surface area contributed by atoms with Gasteiger partial charge in [-0.1, -0.05) is 0 Å². The number of hydrogen-bond acceptors (Lipinski definition) is 4. The second kappa shape index (κ2) is 6.22. The van der Waals surface area contributed by atoms with Crippen molar-refractivity contribution in [1.82, 2.24) is 19.0 Å². The summed E-state index contributed by atoms with van der Waals surface area (Å²) in [6.07, 6.45) is -2.22. The Hall–Kier alpha value is -2.62. The average molecular weight is 396 g/mol. The lowest BCUT2D eigenvalue weighted by Crippen LogP contribution is -2.44. The number of halogens is 3. The van der Waals surface area contributed by atoms with E-state index in [1.807, 2.05) is 0 Å². The maximum atomic E-state index is 13.2. The van der Waals surface area contributed by atoms with E-state index in [0.29, 0.717) is 35.6 Å². The van der Waals surface area contributed by atoms with E-state index >= 15 is 0 Å². The van der Waals surface area contributed by atoms with Crippen LogP contribution in [0.15, 0.2) is 28.5 Å². The van der Waals surface area contributed by atoms with E-state index < -0.39 is 16.7 Å². The molecule has 142 valence electrons. The van der Waals surface area contributed by atoms with Crippen molar-refractivity contribution in [3.63, 3.8) is 0 Å². The molecule has 1 amide bonds. The van der Waals surface area contributed by atoms with Crippen molar-refractivity contribution >= 4 is 28.4 Å². The van der Waals surface area contributed by atoms with Gasteiger partial charge in [-0.3, -0.25) is 13.9 Å². The molecule has 0 radical (unpaired) electrons. The number of fused-ring (bicyclic) bond motifs is 1. The molecule has 0 atom stereocenters. The van der Waals surface area contributed by atoms with Gasteiger partial charge in [0.25, 0.3) is 0 Å². The molecule has 0 spiro atoms. The van der Waals surface area contributed by atoms with Crippen LogP contribution in [0.3, 0.4) is 0 Å². The highest BCUT2D eigenvalue weighted by Gasteiger charge is 2.35. The minimum Gasteiger partial charge on any atom is -0.341 e. The molecule has 0 bridgehead atoms. The molecule has 3 aromatic heterocycles. The van der Waals surface area contributed by atoms with Crippen LogP contribution >= 0.6 is 11.3 Å². The van der Waals surface area contributed by atoms with Crippen molar-refractivity contribution < 1.29 is 18.0 Å². The Morgan fingerprint density at radius 3 is 2.70 bits per heavy atom. The molecule has 0 N–H and O–H groups in total. The van der Waals surface area contributed by atoms with Gasteiger partial charge in [0.2, 0.25) is 5.91 Å². The van der Waals surface area contributed by atoms with Gasteiger partial charge in [-0.25, -0.2) is 9.78 Å². The number of thiophene rings is 1. The third-order valence-electron chi connectivity index (χ3n) is 4.71.